The summed E-state index contributed by atoms with van der Waals surface area (Å²) in [6, 6.07) is 11.3. The summed E-state index contributed by atoms with van der Waals surface area (Å²) in [6.45, 7) is 3.66. The van der Waals surface area contributed by atoms with E-state index in [9.17, 15) is 9.59 Å². The van der Waals surface area contributed by atoms with E-state index in [1.54, 1.807) is 6.07 Å². The molecule has 0 saturated carbocycles. The highest BCUT2D eigenvalue weighted by atomic mass is 16.5. The highest BCUT2D eigenvalue weighted by Gasteiger charge is 2.08. The van der Waals surface area contributed by atoms with Gasteiger partial charge in [0.15, 0.2) is 6.61 Å². The van der Waals surface area contributed by atoms with Crippen LogP contribution in [0.4, 0.5) is 0 Å². The van der Waals surface area contributed by atoms with Crippen molar-refractivity contribution in [2.45, 2.75) is 13.8 Å². The van der Waals surface area contributed by atoms with E-state index in [0.717, 1.165) is 11.1 Å². The molecule has 0 aliphatic rings. The van der Waals surface area contributed by atoms with Crippen LogP contribution in [0, 0.1) is 13.8 Å². The quantitative estimate of drug-likeness (QED) is 0.752. The molecule has 2 amide bonds. The average molecular weight is 314 g/mol. The van der Waals surface area contributed by atoms with Crippen molar-refractivity contribution in [3.8, 4) is 11.5 Å². The van der Waals surface area contributed by atoms with Crippen molar-refractivity contribution in [1.82, 2.24) is 10.9 Å². The van der Waals surface area contributed by atoms with Crippen molar-refractivity contribution in [2.75, 3.05) is 6.61 Å². The first-order valence-electron chi connectivity index (χ1n) is 7.04. The minimum atomic E-state index is -0.482. The number of hydrogen-bond acceptors (Lipinski definition) is 4. The van der Waals surface area contributed by atoms with Crippen molar-refractivity contribution >= 4 is 11.8 Å². The molecule has 0 unspecified atom stereocenters. The molecule has 0 radical (unpaired) electrons. The third-order valence-electron chi connectivity index (χ3n) is 3.13. The normalized spacial score (nSPS) is 10.0. The summed E-state index contributed by atoms with van der Waals surface area (Å²) in [7, 11) is 0. The Bertz CT molecular complexity index is 711. The Morgan fingerprint density at radius 3 is 2.39 bits per heavy atom. The third-order valence-corrected chi connectivity index (χ3v) is 3.13. The van der Waals surface area contributed by atoms with Gasteiger partial charge >= 0.3 is 0 Å². The van der Waals surface area contributed by atoms with E-state index in [-0.39, 0.29) is 12.4 Å². The minimum Gasteiger partial charge on any atom is -0.508 e. The lowest BCUT2D eigenvalue weighted by atomic mass is 10.1. The van der Waals surface area contributed by atoms with Gasteiger partial charge < -0.3 is 9.84 Å². The van der Waals surface area contributed by atoms with Gasteiger partial charge in [-0.25, -0.2) is 0 Å². The van der Waals surface area contributed by atoms with Crippen LogP contribution in [0.25, 0.3) is 0 Å². The van der Waals surface area contributed by atoms with E-state index >= 15 is 0 Å². The summed E-state index contributed by atoms with van der Waals surface area (Å²) in [5.74, 6) is -0.273. The Labute approximate surface area is 134 Å². The molecule has 0 atom stereocenters. The van der Waals surface area contributed by atoms with Gasteiger partial charge in [-0.3, -0.25) is 20.4 Å². The van der Waals surface area contributed by atoms with Gasteiger partial charge in [-0.05, 0) is 49.7 Å². The number of aryl methyl sites for hydroxylation is 2. The number of benzene rings is 2. The topological polar surface area (TPSA) is 87.7 Å². The van der Waals surface area contributed by atoms with Gasteiger partial charge in [-0.1, -0.05) is 17.7 Å². The zero-order chi connectivity index (χ0) is 16.8. The maximum Gasteiger partial charge on any atom is 0.276 e. The van der Waals surface area contributed by atoms with E-state index in [1.807, 2.05) is 26.0 Å². The van der Waals surface area contributed by atoms with Crippen molar-refractivity contribution < 1.29 is 19.4 Å². The van der Waals surface area contributed by atoms with Crippen molar-refractivity contribution in [2.24, 2.45) is 0 Å². The molecular formula is C17H18N2O4. The van der Waals surface area contributed by atoms with Crippen LogP contribution in [-0.2, 0) is 4.79 Å². The van der Waals surface area contributed by atoms with Crippen molar-refractivity contribution in [1.29, 1.82) is 0 Å². The molecule has 3 N–H and O–H groups in total. The number of hydrazine groups is 1. The maximum atomic E-state index is 11.8. The minimum absolute atomic E-state index is 0.0625. The highest BCUT2D eigenvalue weighted by molar-refractivity contribution is 5.95. The van der Waals surface area contributed by atoms with E-state index in [0.29, 0.717) is 11.3 Å². The molecule has 23 heavy (non-hydrogen) atoms. The number of phenolic OH excluding ortho intramolecular Hbond substituents is 1. The predicted molar refractivity (Wildman–Crippen MR) is 85.1 cm³/mol. The van der Waals surface area contributed by atoms with E-state index in [4.69, 9.17) is 9.84 Å². The summed E-state index contributed by atoms with van der Waals surface area (Å²) in [5.41, 5.74) is 6.91. The van der Waals surface area contributed by atoms with Gasteiger partial charge in [-0.2, -0.15) is 0 Å². The van der Waals surface area contributed by atoms with Gasteiger partial charge in [0.1, 0.15) is 11.5 Å². The Hall–Kier alpha value is -3.02. The first-order chi connectivity index (χ1) is 11.0. The van der Waals surface area contributed by atoms with Gasteiger partial charge in [0.2, 0.25) is 0 Å². The Balaban J connectivity index is 1.81. The Morgan fingerprint density at radius 2 is 1.74 bits per heavy atom. The fraction of sp³-hybridized carbons (Fsp3) is 0.176. The number of rotatable bonds is 4. The number of carbonyl (C=O) groups excluding carboxylic acids is 2. The van der Waals surface area contributed by atoms with Crippen LogP contribution in [0.1, 0.15) is 21.5 Å². The SMILES string of the molecule is Cc1ccc(OCC(=O)NNC(=O)c2ccc(O)cc2)c(C)c1. The predicted octanol–water partition coefficient (Wildman–Crippen LogP) is 1.85. The molecular weight excluding hydrogens is 296 g/mol. The van der Waals surface area contributed by atoms with Crippen LogP contribution >= 0.6 is 0 Å². The van der Waals surface area contributed by atoms with Gasteiger partial charge in [0, 0.05) is 5.56 Å². The van der Waals surface area contributed by atoms with Gasteiger partial charge in [0.05, 0.1) is 0 Å². The largest absolute Gasteiger partial charge is 0.508 e. The standard InChI is InChI=1S/C17H18N2O4/c1-11-3-8-15(12(2)9-11)23-10-16(21)18-19-17(22)13-4-6-14(20)7-5-13/h3-9,20H,10H2,1-2H3,(H,18,21)(H,19,22). The van der Waals surface area contributed by atoms with Crippen LogP contribution in [0.2, 0.25) is 0 Å². The van der Waals surface area contributed by atoms with E-state index in [2.05, 4.69) is 10.9 Å². The lowest BCUT2D eigenvalue weighted by Gasteiger charge is -2.11. The lowest BCUT2D eigenvalue weighted by molar-refractivity contribution is -0.123. The molecule has 0 fully saturated rings. The lowest BCUT2D eigenvalue weighted by Crippen LogP contribution is -2.43. The van der Waals surface area contributed by atoms with Crippen LogP contribution in [0.15, 0.2) is 42.5 Å². The highest BCUT2D eigenvalue weighted by Crippen LogP contribution is 2.18. The summed E-state index contributed by atoms with van der Waals surface area (Å²) in [4.78, 5) is 23.5. The molecule has 6 nitrogen and oxygen atoms in total. The molecule has 0 spiro atoms. The van der Waals surface area contributed by atoms with E-state index < -0.39 is 11.8 Å². The second kappa shape index (κ2) is 7.31. The number of hydrogen-bond donors (Lipinski definition) is 3. The number of aromatic hydroxyl groups is 1. The number of phenols is 1. The summed E-state index contributed by atoms with van der Waals surface area (Å²) in [5, 5.41) is 9.16. The second-order valence-corrected chi connectivity index (χ2v) is 5.11. The number of carbonyl (C=O) groups is 2. The van der Waals surface area contributed by atoms with Gasteiger partial charge in [0.25, 0.3) is 11.8 Å². The van der Waals surface area contributed by atoms with Crippen molar-refractivity contribution in [3.05, 3.63) is 59.2 Å². The monoisotopic (exact) mass is 314 g/mol. The van der Waals surface area contributed by atoms with Crippen LogP contribution in [-0.4, -0.2) is 23.5 Å². The zero-order valence-corrected chi connectivity index (χ0v) is 12.9. The van der Waals surface area contributed by atoms with Crippen molar-refractivity contribution in [3.63, 3.8) is 0 Å². The van der Waals surface area contributed by atoms with Crippen LogP contribution < -0.4 is 15.6 Å². The molecule has 2 aromatic rings. The number of nitrogens with one attached hydrogen (secondary N) is 2. The van der Waals surface area contributed by atoms with E-state index in [1.165, 1.54) is 24.3 Å². The first kappa shape index (κ1) is 16.4. The molecule has 120 valence electrons. The second-order valence-electron chi connectivity index (χ2n) is 5.11. The molecule has 0 bridgehead atoms. The van der Waals surface area contributed by atoms with Gasteiger partial charge in [-0.15, -0.1) is 0 Å². The first-order valence-corrected chi connectivity index (χ1v) is 7.04. The molecule has 0 saturated heterocycles. The average Bonchev–Trinajstić information content (AvgIpc) is 2.52. The molecule has 0 aromatic heterocycles. The number of ether oxygens (including phenoxy) is 1. The molecule has 0 heterocycles. The summed E-state index contributed by atoms with van der Waals surface area (Å²) < 4.78 is 5.41. The molecule has 0 aliphatic carbocycles. The maximum absolute atomic E-state index is 11.8. The molecule has 2 aromatic carbocycles. The van der Waals surface area contributed by atoms with Crippen LogP contribution in [0.5, 0.6) is 11.5 Å². The summed E-state index contributed by atoms with van der Waals surface area (Å²) in [6.07, 6.45) is 0. The number of amides is 2. The fourth-order valence-corrected chi connectivity index (χ4v) is 1.95. The summed E-state index contributed by atoms with van der Waals surface area (Å²) >= 11 is 0. The van der Waals surface area contributed by atoms with Crippen LogP contribution in [0.3, 0.4) is 0 Å². The fourth-order valence-electron chi connectivity index (χ4n) is 1.95. The molecule has 2 rings (SSSR count). The third kappa shape index (κ3) is 4.74. The zero-order valence-electron chi connectivity index (χ0n) is 12.9. The Morgan fingerprint density at radius 1 is 1.04 bits per heavy atom. The smallest absolute Gasteiger partial charge is 0.276 e. The molecule has 0 aliphatic heterocycles. The molecule has 6 heteroatoms. The Kier molecular flexibility index (Phi) is 5.19.